The van der Waals surface area contributed by atoms with E-state index in [1.807, 2.05) is 36.7 Å². The van der Waals surface area contributed by atoms with Crippen molar-refractivity contribution in [3.63, 3.8) is 0 Å². The van der Waals surface area contributed by atoms with Crippen molar-refractivity contribution < 1.29 is 4.74 Å². The van der Waals surface area contributed by atoms with Crippen LogP contribution in [-0.4, -0.2) is 23.7 Å². The zero-order valence-electron chi connectivity index (χ0n) is 42.3. The zero-order chi connectivity index (χ0) is 51.9. The van der Waals surface area contributed by atoms with Crippen molar-refractivity contribution in [1.82, 2.24) is 23.7 Å². The van der Waals surface area contributed by atoms with Crippen molar-refractivity contribution in [2.75, 3.05) is 0 Å². The van der Waals surface area contributed by atoms with Crippen molar-refractivity contribution >= 4 is 65.4 Å². The summed E-state index contributed by atoms with van der Waals surface area (Å²) in [5.74, 6) is 1.58. The van der Waals surface area contributed by atoms with Crippen molar-refractivity contribution in [1.29, 1.82) is 5.26 Å². The van der Waals surface area contributed by atoms with Crippen LogP contribution in [-0.2, 0) is 5.41 Å². The Balaban J connectivity index is 0.827. The number of pyridine rings is 2. The summed E-state index contributed by atoms with van der Waals surface area (Å²) in [7, 11) is 0. The minimum absolute atomic E-state index is 0.615. The maximum Gasteiger partial charge on any atom is 0.132 e. The standard InChI is InChI=1S/C72H42N6O/c73-43-44-22-31-65-55(38-44)57-40-46(24-33-67(57)78(65)51-29-27-50(28-30-51)77-62-19-7-4-14-52(62)53-15-5-8-20-63(53)77)48-26-35-69-61(42-48)72(58-17-10-36-74-70(58)71-59(72)18-11-37-75-71)60-41-47(25-34-68(60)79-69)45-23-32-66-56(39-45)54-16-6-9-21-64(54)76(66)49-12-2-1-3-13-49/h1-42H. The van der Waals surface area contributed by atoms with E-state index < -0.39 is 5.41 Å². The van der Waals surface area contributed by atoms with Crippen molar-refractivity contribution in [3.8, 4) is 68.3 Å². The van der Waals surface area contributed by atoms with Gasteiger partial charge in [-0.2, -0.15) is 5.26 Å². The molecule has 79 heavy (non-hydrogen) atoms. The monoisotopic (exact) mass is 1010 g/mol. The zero-order valence-corrected chi connectivity index (χ0v) is 42.3. The number of benzene rings is 10. The van der Waals surface area contributed by atoms with E-state index in [4.69, 9.17) is 14.7 Å². The highest BCUT2D eigenvalue weighted by molar-refractivity contribution is 6.13. The molecule has 1 aliphatic carbocycles. The second-order valence-electron chi connectivity index (χ2n) is 20.8. The highest BCUT2D eigenvalue weighted by Crippen LogP contribution is 2.62. The Morgan fingerprint density at radius 1 is 0.329 bits per heavy atom. The number of hydrogen-bond acceptors (Lipinski definition) is 4. The summed E-state index contributed by atoms with van der Waals surface area (Å²) in [5.41, 5.74) is 20.0. The topological polar surface area (TPSA) is 73.6 Å². The SMILES string of the molecule is N#Cc1ccc2c(c1)c1cc(-c3ccc4c(c3)C3(c5cc(-c6ccc7c(c6)c6ccccc6n7-c6ccccc6)ccc5O4)c4cccnc4-c4ncccc43)ccc1n2-c1ccc(-n2c3ccccc3c3ccccc32)cc1. The van der Waals surface area contributed by atoms with Gasteiger partial charge in [0.2, 0.25) is 0 Å². The number of hydrogen-bond donors (Lipinski definition) is 0. The molecule has 15 aromatic rings. The minimum atomic E-state index is -0.817. The minimum Gasteiger partial charge on any atom is -0.457 e. The molecule has 0 amide bonds. The van der Waals surface area contributed by atoms with Gasteiger partial charge in [0, 0.05) is 72.9 Å². The molecule has 0 saturated carbocycles. The Kier molecular flexibility index (Phi) is 8.99. The van der Waals surface area contributed by atoms with Gasteiger partial charge in [-0.15, -0.1) is 0 Å². The predicted octanol–water partition coefficient (Wildman–Crippen LogP) is 17.4. The lowest BCUT2D eigenvalue weighted by molar-refractivity contribution is 0.436. The molecule has 1 aliphatic heterocycles. The summed E-state index contributed by atoms with van der Waals surface area (Å²) < 4.78 is 14.1. The molecular formula is C72H42N6O. The largest absolute Gasteiger partial charge is 0.457 e. The van der Waals surface area contributed by atoms with Crippen LogP contribution in [0.3, 0.4) is 0 Å². The molecule has 366 valence electrons. The fourth-order valence-electron chi connectivity index (χ4n) is 13.5. The number of ether oxygens (including phenoxy) is 1. The number of nitriles is 1. The van der Waals surface area contributed by atoms with Crippen LogP contribution < -0.4 is 4.74 Å². The van der Waals surface area contributed by atoms with E-state index in [0.29, 0.717) is 5.56 Å². The maximum absolute atomic E-state index is 10.2. The van der Waals surface area contributed by atoms with Crippen LogP contribution in [0.25, 0.3) is 116 Å². The fraction of sp³-hybridized carbons (Fsp3) is 0.0139. The molecule has 0 fully saturated rings. The number of nitrogens with zero attached hydrogens (tertiary/aromatic N) is 6. The molecule has 0 bridgehead atoms. The molecule has 6 heterocycles. The van der Waals surface area contributed by atoms with Crippen molar-refractivity contribution in [2.45, 2.75) is 5.41 Å². The summed E-state index contributed by atoms with van der Waals surface area (Å²) in [5, 5.41) is 17.2. The molecular weight excluding hydrogens is 965 g/mol. The average Bonchev–Trinajstić information content (AvgIpc) is 3.59. The number of para-hydroxylation sites is 4. The number of aromatic nitrogens is 5. The first kappa shape index (κ1) is 43.4. The normalized spacial score (nSPS) is 13.0. The number of rotatable bonds is 5. The molecule has 0 atom stereocenters. The Morgan fingerprint density at radius 3 is 1.23 bits per heavy atom. The second kappa shape index (κ2) is 16.3. The number of fused-ring (bicyclic) bond motifs is 18. The molecule has 2 aliphatic rings. The smallest absolute Gasteiger partial charge is 0.132 e. The van der Waals surface area contributed by atoms with Crippen LogP contribution in [0.5, 0.6) is 11.5 Å². The van der Waals surface area contributed by atoms with Gasteiger partial charge in [0.05, 0.1) is 61.5 Å². The molecule has 0 unspecified atom stereocenters. The van der Waals surface area contributed by atoms with E-state index in [-0.39, 0.29) is 0 Å². The van der Waals surface area contributed by atoms with E-state index in [1.54, 1.807) is 0 Å². The van der Waals surface area contributed by atoms with Crippen LogP contribution in [0.4, 0.5) is 0 Å². The van der Waals surface area contributed by atoms with Crippen molar-refractivity contribution in [3.05, 3.63) is 283 Å². The molecule has 7 nitrogen and oxygen atoms in total. The van der Waals surface area contributed by atoms with Crippen molar-refractivity contribution in [2.24, 2.45) is 0 Å². The van der Waals surface area contributed by atoms with Gasteiger partial charge in [0.15, 0.2) is 0 Å². The van der Waals surface area contributed by atoms with Gasteiger partial charge in [-0.25, -0.2) is 0 Å². The first-order chi connectivity index (χ1) is 39.1. The molecule has 7 heteroatoms. The molecule has 0 N–H and O–H groups in total. The summed E-state index contributed by atoms with van der Waals surface area (Å²) in [6, 6.07) is 89.2. The molecule has 0 radical (unpaired) electrons. The molecule has 0 saturated heterocycles. The quantitative estimate of drug-likeness (QED) is 0.172. The van der Waals surface area contributed by atoms with Gasteiger partial charge in [-0.05, 0) is 167 Å². The summed E-state index contributed by atoms with van der Waals surface area (Å²) >= 11 is 0. The van der Waals surface area contributed by atoms with Crippen LogP contribution in [0.2, 0.25) is 0 Å². The van der Waals surface area contributed by atoms with E-state index in [9.17, 15) is 5.26 Å². The Bertz CT molecular complexity index is 5030. The highest BCUT2D eigenvalue weighted by atomic mass is 16.5. The predicted molar refractivity (Wildman–Crippen MR) is 318 cm³/mol. The first-order valence-electron chi connectivity index (χ1n) is 26.7. The van der Waals surface area contributed by atoms with E-state index >= 15 is 0 Å². The Morgan fingerprint density at radius 2 is 0.722 bits per heavy atom. The van der Waals surface area contributed by atoms with Crippen LogP contribution >= 0.6 is 0 Å². The second-order valence-corrected chi connectivity index (χ2v) is 20.8. The average molecular weight is 1010 g/mol. The van der Waals surface area contributed by atoms with E-state index in [0.717, 1.165) is 112 Å². The summed E-state index contributed by atoms with van der Waals surface area (Å²) in [6.45, 7) is 0. The Labute approximate surface area is 453 Å². The van der Waals surface area contributed by atoms with Gasteiger partial charge in [-0.1, -0.05) is 109 Å². The molecule has 17 rings (SSSR count). The van der Waals surface area contributed by atoms with Gasteiger partial charge in [0.25, 0.3) is 0 Å². The third-order valence-corrected chi connectivity index (χ3v) is 16.8. The molecule has 5 aromatic heterocycles. The summed E-state index contributed by atoms with van der Waals surface area (Å²) in [4.78, 5) is 10.1. The lowest BCUT2D eigenvalue weighted by Crippen LogP contribution is -2.32. The van der Waals surface area contributed by atoms with Gasteiger partial charge in [-0.3, -0.25) is 9.97 Å². The Hall–Kier alpha value is -10.8. The lowest BCUT2D eigenvalue weighted by atomic mass is 9.65. The van der Waals surface area contributed by atoms with E-state index in [2.05, 4.69) is 238 Å². The first-order valence-corrected chi connectivity index (χ1v) is 26.7. The highest BCUT2D eigenvalue weighted by Gasteiger charge is 2.52. The maximum atomic E-state index is 10.2. The lowest BCUT2D eigenvalue weighted by Gasteiger charge is -2.39. The fourth-order valence-corrected chi connectivity index (χ4v) is 13.5. The van der Waals surface area contributed by atoms with E-state index in [1.165, 1.54) is 38.1 Å². The van der Waals surface area contributed by atoms with Crippen LogP contribution in [0, 0.1) is 11.3 Å². The third kappa shape index (κ3) is 6.05. The van der Waals surface area contributed by atoms with Gasteiger partial charge < -0.3 is 18.4 Å². The van der Waals surface area contributed by atoms with Crippen LogP contribution in [0.15, 0.2) is 255 Å². The molecule has 1 spiro atoms. The third-order valence-electron chi connectivity index (χ3n) is 16.8. The van der Waals surface area contributed by atoms with Crippen LogP contribution in [0.1, 0.15) is 27.8 Å². The van der Waals surface area contributed by atoms with Gasteiger partial charge in [0.1, 0.15) is 11.5 Å². The molecule has 10 aromatic carbocycles. The summed E-state index contributed by atoms with van der Waals surface area (Å²) in [6.07, 6.45) is 3.74. The van der Waals surface area contributed by atoms with Gasteiger partial charge >= 0.3 is 0 Å².